The number of aliphatic hydroxyl groups excluding tert-OH is 1. The fraction of sp³-hybridized carbons (Fsp3) is 0.867. The van der Waals surface area contributed by atoms with E-state index in [1.807, 2.05) is 0 Å². The molecule has 0 aromatic heterocycles. The first-order valence-electron chi connectivity index (χ1n) is 7.64. The topological polar surface area (TPSA) is 86.9 Å². The van der Waals surface area contributed by atoms with Crippen LogP contribution in [0.4, 0.5) is 0 Å². The summed E-state index contributed by atoms with van der Waals surface area (Å²) in [7, 11) is 0. The molecule has 21 heavy (non-hydrogen) atoms. The number of likely N-dealkylation sites (tertiary alicyclic amines) is 1. The van der Waals surface area contributed by atoms with E-state index in [4.69, 9.17) is 5.73 Å². The normalized spacial score (nSPS) is 25.8. The van der Waals surface area contributed by atoms with Crippen LogP contribution in [0.2, 0.25) is 0 Å². The monoisotopic (exact) mass is 299 g/mol. The fourth-order valence-corrected chi connectivity index (χ4v) is 3.28. The smallest absolute Gasteiger partial charge is 0.242 e. The van der Waals surface area contributed by atoms with Gasteiger partial charge in [0.2, 0.25) is 12.3 Å². The molecule has 1 rings (SSSR count). The number of amides is 2. The third-order valence-corrected chi connectivity index (χ3v) is 4.26. The molecule has 0 saturated carbocycles. The molecule has 0 aromatic carbocycles. The molecule has 1 saturated heterocycles. The summed E-state index contributed by atoms with van der Waals surface area (Å²) in [5, 5.41) is 9.74. The molecule has 3 N–H and O–H groups in total. The van der Waals surface area contributed by atoms with E-state index in [1.54, 1.807) is 0 Å². The van der Waals surface area contributed by atoms with Crippen molar-refractivity contribution in [3.8, 4) is 0 Å². The third kappa shape index (κ3) is 4.41. The van der Waals surface area contributed by atoms with Gasteiger partial charge < -0.3 is 15.7 Å². The SMILES string of the molecule is CC(C)CN1CCCC1(C)CN(C=O)C(C(N)=O)C(C)O. The molecule has 3 atom stereocenters. The quantitative estimate of drug-likeness (QED) is 0.626. The second kappa shape index (κ2) is 7.22. The minimum atomic E-state index is -0.976. The number of aliphatic hydroxyl groups is 1. The Bertz CT molecular complexity index is 373. The van der Waals surface area contributed by atoms with Crippen LogP contribution in [0.1, 0.15) is 40.5 Å². The molecule has 1 aliphatic rings. The lowest BCUT2D eigenvalue weighted by Crippen LogP contribution is -2.58. The summed E-state index contributed by atoms with van der Waals surface area (Å²) in [5.41, 5.74) is 5.16. The van der Waals surface area contributed by atoms with E-state index in [-0.39, 0.29) is 5.54 Å². The van der Waals surface area contributed by atoms with Crippen LogP contribution in [-0.4, -0.2) is 64.5 Å². The van der Waals surface area contributed by atoms with Gasteiger partial charge in [-0.15, -0.1) is 0 Å². The first kappa shape index (κ1) is 17.9. The standard InChI is InChI=1S/C15H29N3O3/c1-11(2)8-18-7-5-6-15(18,4)9-17(10-19)13(12(3)20)14(16)21/h10-13,20H,5-9H2,1-4H3,(H2,16,21). The van der Waals surface area contributed by atoms with Gasteiger partial charge in [-0.1, -0.05) is 13.8 Å². The summed E-state index contributed by atoms with van der Waals surface area (Å²) in [4.78, 5) is 26.7. The average molecular weight is 299 g/mol. The van der Waals surface area contributed by atoms with Crippen molar-refractivity contribution in [2.24, 2.45) is 11.7 Å². The zero-order valence-corrected chi connectivity index (χ0v) is 13.6. The Morgan fingerprint density at radius 2 is 2.10 bits per heavy atom. The van der Waals surface area contributed by atoms with Gasteiger partial charge >= 0.3 is 0 Å². The van der Waals surface area contributed by atoms with Gasteiger partial charge in [-0.2, -0.15) is 0 Å². The predicted octanol–water partition coefficient (Wildman–Crippen LogP) is 0.190. The van der Waals surface area contributed by atoms with Crippen molar-refractivity contribution in [1.29, 1.82) is 0 Å². The number of nitrogens with zero attached hydrogens (tertiary/aromatic N) is 2. The van der Waals surface area contributed by atoms with Crippen LogP contribution in [0.15, 0.2) is 0 Å². The molecular weight excluding hydrogens is 270 g/mol. The van der Waals surface area contributed by atoms with Gasteiger partial charge in [0.15, 0.2) is 0 Å². The highest BCUT2D eigenvalue weighted by Crippen LogP contribution is 2.31. The summed E-state index contributed by atoms with van der Waals surface area (Å²) >= 11 is 0. The molecule has 0 spiro atoms. The van der Waals surface area contributed by atoms with E-state index in [0.717, 1.165) is 25.9 Å². The molecule has 0 bridgehead atoms. The number of carbonyl (C=O) groups is 2. The molecular formula is C15H29N3O3. The molecule has 6 heteroatoms. The van der Waals surface area contributed by atoms with Gasteiger partial charge in [0.25, 0.3) is 0 Å². The maximum atomic E-state index is 11.5. The van der Waals surface area contributed by atoms with Gasteiger partial charge in [-0.25, -0.2) is 0 Å². The molecule has 3 unspecified atom stereocenters. The Kier molecular flexibility index (Phi) is 6.16. The first-order valence-corrected chi connectivity index (χ1v) is 7.64. The summed E-state index contributed by atoms with van der Waals surface area (Å²) < 4.78 is 0. The van der Waals surface area contributed by atoms with Crippen LogP contribution in [-0.2, 0) is 9.59 Å². The van der Waals surface area contributed by atoms with Crippen molar-refractivity contribution in [2.75, 3.05) is 19.6 Å². The summed E-state index contributed by atoms with van der Waals surface area (Å²) in [6.07, 6.45) is 1.69. The lowest BCUT2D eigenvalue weighted by molar-refractivity contribution is -0.136. The van der Waals surface area contributed by atoms with Gasteiger partial charge in [0.1, 0.15) is 6.04 Å². The second-order valence-electron chi connectivity index (χ2n) is 6.81. The molecule has 122 valence electrons. The number of primary amides is 1. The van der Waals surface area contributed by atoms with E-state index in [9.17, 15) is 14.7 Å². The minimum absolute atomic E-state index is 0.173. The molecule has 6 nitrogen and oxygen atoms in total. The molecule has 1 heterocycles. The Morgan fingerprint density at radius 3 is 2.52 bits per heavy atom. The van der Waals surface area contributed by atoms with Gasteiger partial charge in [-0.3, -0.25) is 14.5 Å². The lowest BCUT2D eigenvalue weighted by atomic mass is 9.95. The van der Waals surface area contributed by atoms with Crippen LogP contribution in [0, 0.1) is 5.92 Å². The van der Waals surface area contributed by atoms with Gasteiger partial charge in [0.05, 0.1) is 6.10 Å². The molecule has 0 radical (unpaired) electrons. The van der Waals surface area contributed by atoms with Gasteiger partial charge in [-0.05, 0) is 39.2 Å². The lowest BCUT2D eigenvalue weighted by Gasteiger charge is -2.41. The largest absolute Gasteiger partial charge is 0.391 e. The molecule has 2 amide bonds. The number of hydrogen-bond donors (Lipinski definition) is 2. The predicted molar refractivity (Wildman–Crippen MR) is 81.5 cm³/mol. The van der Waals surface area contributed by atoms with Crippen molar-refractivity contribution >= 4 is 12.3 Å². The van der Waals surface area contributed by atoms with Gasteiger partial charge in [0, 0.05) is 18.6 Å². The summed E-state index contributed by atoms with van der Waals surface area (Å²) in [6.45, 7) is 10.3. The Hall–Kier alpha value is -1.14. The van der Waals surface area contributed by atoms with Crippen molar-refractivity contribution in [2.45, 2.75) is 58.2 Å². The van der Waals surface area contributed by atoms with E-state index in [1.165, 1.54) is 11.8 Å². The van der Waals surface area contributed by atoms with Crippen molar-refractivity contribution in [3.63, 3.8) is 0 Å². The number of hydrogen-bond acceptors (Lipinski definition) is 4. The van der Waals surface area contributed by atoms with Crippen LogP contribution < -0.4 is 5.73 Å². The zero-order valence-electron chi connectivity index (χ0n) is 13.6. The van der Waals surface area contributed by atoms with Crippen LogP contribution >= 0.6 is 0 Å². The summed E-state index contributed by atoms with van der Waals surface area (Å²) in [6, 6.07) is -0.971. The first-order chi connectivity index (χ1) is 9.71. The number of rotatable bonds is 8. The molecule has 0 aliphatic carbocycles. The number of nitrogens with two attached hydrogens (primary N) is 1. The molecule has 1 aliphatic heterocycles. The van der Waals surface area contributed by atoms with E-state index in [2.05, 4.69) is 25.7 Å². The Labute approximate surface area is 127 Å². The van der Waals surface area contributed by atoms with E-state index in [0.29, 0.717) is 18.9 Å². The fourth-order valence-electron chi connectivity index (χ4n) is 3.28. The van der Waals surface area contributed by atoms with Crippen molar-refractivity contribution in [3.05, 3.63) is 0 Å². The molecule has 1 fully saturated rings. The van der Waals surface area contributed by atoms with Crippen LogP contribution in [0.25, 0.3) is 0 Å². The maximum absolute atomic E-state index is 11.5. The highest BCUT2D eigenvalue weighted by atomic mass is 16.3. The Balaban J connectivity index is 2.87. The average Bonchev–Trinajstić information content (AvgIpc) is 2.68. The minimum Gasteiger partial charge on any atom is -0.391 e. The van der Waals surface area contributed by atoms with Crippen molar-refractivity contribution in [1.82, 2.24) is 9.80 Å². The van der Waals surface area contributed by atoms with Crippen LogP contribution in [0.3, 0.4) is 0 Å². The second-order valence-corrected chi connectivity index (χ2v) is 6.81. The van der Waals surface area contributed by atoms with E-state index < -0.39 is 18.1 Å². The third-order valence-electron chi connectivity index (χ3n) is 4.26. The Morgan fingerprint density at radius 1 is 1.48 bits per heavy atom. The highest BCUT2D eigenvalue weighted by Gasteiger charge is 2.40. The van der Waals surface area contributed by atoms with Crippen molar-refractivity contribution < 1.29 is 14.7 Å². The van der Waals surface area contributed by atoms with E-state index >= 15 is 0 Å². The maximum Gasteiger partial charge on any atom is 0.242 e. The molecule has 0 aromatic rings. The summed E-state index contributed by atoms with van der Waals surface area (Å²) in [5.74, 6) is -0.134. The highest BCUT2D eigenvalue weighted by molar-refractivity contribution is 5.82. The zero-order chi connectivity index (χ0) is 16.2. The number of carbonyl (C=O) groups excluding carboxylic acids is 2. The van der Waals surface area contributed by atoms with Crippen LogP contribution in [0.5, 0.6) is 0 Å².